The molecule has 26 heavy (non-hydrogen) atoms. The fraction of sp³-hybridized carbons (Fsp3) is 0.278. The minimum atomic E-state index is -2.51. The van der Waals surface area contributed by atoms with Gasteiger partial charge < -0.3 is 10.1 Å². The second kappa shape index (κ2) is 7.47. The number of amides is 1. The molecule has 1 aromatic carbocycles. The van der Waals surface area contributed by atoms with Crippen molar-refractivity contribution in [1.82, 2.24) is 20.1 Å². The van der Waals surface area contributed by atoms with Crippen LogP contribution < -0.4 is 10.1 Å². The standard InChI is InChI=1S/C18H18F2N4O2/c1-11-7-12(3-4-15(11)26-10-16(19)20)8-24-9-13-14(23-24)5-6-22-17(13)18(25)21-2/h3-7,9,16H,8,10H2,1-2H3,(H,21,25). The van der Waals surface area contributed by atoms with Gasteiger partial charge in [0.25, 0.3) is 12.3 Å². The maximum absolute atomic E-state index is 12.3. The fourth-order valence-corrected chi connectivity index (χ4v) is 2.69. The molecule has 0 atom stereocenters. The van der Waals surface area contributed by atoms with Gasteiger partial charge in [0.2, 0.25) is 0 Å². The van der Waals surface area contributed by atoms with Gasteiger partial charge in [-0.1, -0.05) is 12.1 Å². The first-order valence-electron chi connectivity index (χ1n) is 8.02. The van der Waals surface area contributed by atoms with Crippen molar-refractivity contribution in [2.45, 2.75) is 19.9 Å². The number of alkyl halides is 2. The average Bonchev–Trinajstić information content (AvgIpc) is 3.02. The number of ether oxygens (including phenoxy) is 1. The topological polar surface area (TPSA) is 69.0 Å². The number of rotatable bonds is 6. The summed E-state index contributed by atoms with van der Waals surface area (Å²) in [6.07, 6.45) is 0.807. The molecule has 6 nitrogen and oxygen atoms in total. The van der Waals surface area contributed by atoms with E-state index in [1.54, 1.807) is 49.2 Å². The molecule has 2 heterocycles. The smallest absolute Gasteiger partial charge is 0.272 e. The van der Waals surface area contributed by atoms with Crippen molar-refractivity contribution in [2.75, 3.05) is 13.7 Å². The van der Waals surface area contributed by atoms with E-state index in [1.807, 2.05) is 6.07 Å². The molecule has 0 spiro atoms. The van der Waals surface area contributed by atoms with Crippen LogP contribution in [-0.4, -0.2) is 40.8 Å². The Morgan fingerprint density at radius 2 is 2.15 bits per heavy atom. The summed E-state index contributed by atoms with van der Waals surface area (Å²) in [5.41, 5.74) is 2.71. The number of carbonyl (C=O) groups is 1. The van der Waals surface area contributed by atoms with E-state index >= 15 is 0 Å². The zero-order valence-corrected chi connectivity index (χ0v) is 14.4. The van der Waals surface area contributed by atoms with E-state index in [9.17, 15) is 13.6 Å². The Bertz CT molecular complexity index is 940. The third-order valence-corrected chi connectivity index (χ3v) is 3.87. The molecule has 0 aliphatic heterocycles. The average molecular weight is 360 g/mol. The molecule has 2 aromatic heterocycles. The number of benzene rings is 1. The zero-order chi connectivity index (χ0) is 18.7. The highest BCUT2D eigenvalue weighted by molar-refractivity contribution is 6.03. The summed E-state index contributed by atoms with van der Waals surface area (Å²) in [6, 6.07) is 7.09. The Kier molecular flexibility index (Phi) is 5.11. The maximum atomic E-state index is 12.3. The first-order chi connectivity index (χ1) is 12.5. The van der Waals surface area contributed by atoms with Gasteiger partial charge in [-0.05, 0) is 30.2 Å². The molecule has 1 amide bonds. The van der Waals surface area contributed by atoms with Gasteiger partial charge in [0, 0.05) is 19.4 Å². The van der Waals surface area contributed by atoms with Crippen molar-refractivity contribution in [3.8, 4) is 5.75 Å². The molecule has 3 rings (SSSR count). The molecule has 0 fully saturated rings. The first kappa shape index (κ1) is 17.8. The summed E-state index contributed by atoms with van der Waals surface area (Å²) in [7, 11) is 1.55. The predicted molar refractivity (Wildman–Crippen MR) is 92.7 cm³/mol. The molecular formula is C18H18F2N4O2. The first-order valence-corrected chi connectivity index (χ1v) is 8.02. The Balaban J connectivity index is 1.83. The second-order valence-corrected chi connectivity index (χ2v) is 5.80. The molecule has 0 radical (unpaired) electrons. The van der Waals surface area contributed by atoms with Crippen LogP contribution in [0, 0.1) is 6.92 Å². The molecule has 3 aromatic rings. The van der Waals surface area contributed by atoms with Crippen molar-refractivity contribution in [3.05, 3.63) is 53.5 Å². The minimum absolute atomic E-state index is 0.272. The Labute approximate surface area is 148 Å². The molecule has 0 bridgehead atoms. The largest absolute Gasteiger partial charge is 0.487 e. The van der Waals surface area contributed by atoms with Crippen molar-refractivity contribution in [3.63, 3.8) is 0 Å². The van der Waals surface area contributed by atoms with Crippen LogP contribution in [0.25, 0.3) is 10.9 Å². The number of aromatic nitrogens is 3. The number of nitrogens with one attached hydrogen (secondary N) is 1. The predicted octanol–water partition coefficient (Wildman–Crippen LogP) is 2.79. The molecule has 136 valence electrons. The van der Waals surface area contributed by atoms with Crippen LogP contribution in [0.5, 0.6) is 5.75 Å². The lowest BCUT2D eigenvalue weighted by Crippen LogP contribution is -2.19. The number of hydrogen-bond acceptors (Lipinski definition) is 4. The van der Waals surface area contributed by atoms with E-state index in [1.165, 1.54) is 0 Å². The van der Waals surface area contributed by atoms with E-state index < -0.39 is 13.0 Å². The quantitative estimate of drug-likeness (QED) is 0.734. The highest BCUT2D eigenvalue weighted by atomic mass is 19.3. The van der Waals surface area contributed by atoms with Gasteiger partial charge in [0.15, 0.2) is 0 Å². The zero-order valence-electron chi connectivity index (χ0n) is 14.4. The van der Waals surface area contributed by atoms with Gasteiger partial charge in [-0.2, -0.15) is 5.10 Å². The van der Waals surface area contributed by atoms with Crippen LogP contribution in [0.4, 0.5) is 8.78 Å². The monoisotopic (exact) mass is 360 g/mol. The van der Waals surface area contributed by atoms with Gasteiger partial charge in [-0.25, -0.2) is 8.78 Å². The summed E-state index contributed by atoms with van der Waals surface area (Å²) >= 11 is 0. The fourth-order valence-electron chi connectivity index (χ4n) is 2.69. The van der Waals surface area contributed by atoms with E-state index in [-0.39, 0.29) is 5.91 Å². The highest BCUT2D eigenvalue weighted by Crippen LogP contribution is 2.21. The normalized spacial score (nSPS) is 11.1. The van der Waals surface area contributed by atoms with Crippen LogP contribution in [-0.2, 0) is 6.54 Å². The number of aryl methyl sites for hydroxylation is 1. The second-order valence-electron chi connectivity index (χ2n) is 5.80. The summed E-state index contributed by atoms with van der Waals surface area (Å²) in [6.45, 7) is 1.65. The number of carbonyl (C=O) groups excluding carboxylic acids is 1. The molecule has 8 heteroatoms. The minimum Gasteiger partial charge on any atom is -0.487 e. The number of nitrogens with zero attached hydrogens (tertiary/aromatic N) is 3. The van der Waals surface area contributed by atoms with Crippen molar-refractivity contribution in [2.24, 2.45) is 0 Å². The van der Waals surface area contributed by atoms with Gasteiger partial charge in [-0.3, -0.25) is 14.5 Å². The maximum Gasteiger partial charge on any atom is 0.272 e. The summed E-state index contributed by atoms with van der Waals surface area (Å²) in [5, 5.41) is 7.69. The van der Waals surface area contributed by atoms with E-state index in [2.05, 4.69) is 15.4 Å². The van der Waals surface area contributed by atoms with Gasteiger partial charge in [-0.15, -0.1) is 0 Å². The molecular weight excluding hydrogens is 342 g/mol. The van der Waals surface area contributed by atoms with Gasteiger partial charge in [0.05, 0.1) is 17.4 Å². The number of fused-ring (bicyclic) bond motifs is 1. The lowest BCUT2D eigenvalue weighted by atomic mass is 10.1. The molecule has 0 saturated heterocycles. The highest BCUT2D eigenvalue weighted by Gasteiger charge is 2.13. The molecule has 1 N–H and O–H groups in total. The summed E-state index contributed by atoms with van der Waals surface area (Å²) in [4.78, 5) is 16.0. The third-order valence-electron chi connectivity index (χ3n) is 3.87. The molecule has 0 aliphatic rings. The van der Waals surface area contributed by atoms with Crippen LogP contribution in [0.1, 0.15) is 21.6 Å². The molecule has 0 unspecified atom stereocenters. The van der Waals surface area contributed by atoms with Gasteiger partial charge >= 0.3 is 0 Å². The lowest BCUT2D eigenvalue weighted by Gasteiger charge is -2.10. The third kappa shape index (κ3) is 3.79. The molecule has 0 saturated carbocycles. The van der Waals surface area contributed by atoms with Crippen LogP contribution in [0.15, 0.2) is 36.7 Å². The van der Waals surface area contributed by atoms with Crippen molar-refractivity contribution < 1.29 is 18.3 Å². The summed E-state index contributed by atoms with van der Waals surface area (Å²) in [5.74, 6) is 0.164. The Morgan fingerprint density at radius 3 is 2.85 bits per heavy atom. The number of hydrogen-bond donors (Lipinski definition) is 1. The molecule has 0 aliphatic carbocycles. The van der Waals surface area contributed by atoms with Crippen LogP contribution in [0.3, 0.4) is 0 Å². The van der Waals surface area contributed by atoms with E-state index in [4.69, 9.17) is 4.74 Å². The van der Waals surface area contributed by atoms with Gasteiger partial charge in [0.1, 0.15) is 18.1 Å². The SMILES string of the molecule is CNC(=O)c1nccc2nn(Cc3ccc(OCC(F)F)c(C)c3)cc12. The Morgan fingerprint density at radius 1 is 1.35 bits per heavy atom. The van der Waals surface area contributed by atoms with Crippen LogP contribution >= 0.6 is 0 Å². The van der Waals surface area contributed by atoms with E-state index in [0.717, 1.165) is 11.1 Å². The van der Waals surface area contributed by atoms with Crippen molar-refractivity contribution in [1.29, 1.82) is 0 Å². The van der Waals surface area contributed by atoms with E-state index in [0.29, 0.717) is 28.9 Å². The Hall–Kier alpha value is -3.03. The number of halogens is 2. The van der Waals surface area contributed by atoms with Crippen molar-refractivity contribution >= 4 is 16.8 Å². The van der Waals surface area contributed by atoms with Crippen LogP contribution in [0.2, 0.25) is 0 Å². The lowest BCUT2D eigenvalue weighted by molar-refractivity contribution is 0.0815. The number of pyridine rings is 1. The summed E-state index contributed by atoms with van der Waals surface area (Å²) < 4.78 is 31.3.